The molecule has 7 heteroatoms. The van der Waals surface area contributed by atoms with Crippen molar-refractivity contribution in [3.8, 4) is 0 Å². The summed E-state index contributed by atoms with van der Waals surface area (Å²) in [7, 11) is 0. The first-order chi connectivity index (χ1) is 10.9. The highest BCUT2D eigenvalue weighted by atomic mass is 19.4. The smallest absolute Gasteiger partial charge is 0.354 e. The minimum absolute atomic E-state index is 0.415. The lowest BCUT2D eigenvalue weighted by atomic mass is 9.97. The van der Waals surface area contributed by atoms with Crippen molar-refractivity contribution < 1.29 is 18.0 Å². The number of amides is 1. The topological polar surface area (TPSA) is 51.1 Å². The van der Waals surface area contributed by atoms with Crippen molar-refractivity contribution in [2.45, 2.75) is 44.8 Å². The summed E-state index contributed by atoms with van der Waals surface area (Å²) in [6.45, 7) is 0.0141. The number of alkyl halides is 3. The summed E-state index contributed by atoms with van der Waals surface area (Å²) in [6, 6.07) is 1.54. The molecule has 4 nitrogen and oxygen atoms in total. The Hall–Kier alpha value is -2.05. The standard InChI is InChI=1S/C16H19F3N2O2/c17-16(18,19)13-6-7-15(23)21(10-13)11-14(22)20-9-8-12-4-2-1-3-5-12/h4,6-7,10H,1-3,5,8-9,11H2,(H,20,22). The van der Waals surface area contributed by atoms with Gasteiger partial charge in [0.2, 0.25) is 5.91 Å². The minimum Gasteiger partial charge on any atom is -0.354 e. The molecule has 2 rings (SSSR count). The molecule has 1 aliphatic rings. The Bertz CT molecular complexity index is 647. The van der Waals surface area contributed by atoms with Gasteiger partial charge in [-0.3, -0.25) is 9.59 Å². The molecule has 1 aromatic heterocycles. The van der Waals surface area contributed by atoms with Crippen LogP contribution in [0.2, 0.25) is 0 Å². The van der Waals surface area contributed by atoms with Crippen molar-refractivity contribution in [1.29, 1.82) is 0 Å². The van der Waals surface area contributed by atoms with Crippen LogP contribution >= 0.6 is 0 Å². The van der Waals surface area contributed by atoms with Gasteiger partial charge in [-0.25, -0.2) is 0 Å². The fraction of sp³-hybridized carbons (Fsp3) is 0.500. The number of aromatic nitrogens is 1. The van der Waals surface area contributed by atoms with E-state index in [0.717, 1.165) is 36.3 Å². The van der Waals surface area contributed by atoms with Gasteiger partial charge >= 0.3 is 6.18 Å². The van der Waals surface area contributed by atoms with E-state index in [1.807, 2.05) is 0 Å². The number of pyridine rings is 1. The highest BCUT2D eigenvalue weighted by Gasteiger charge is 2.31. The highest BCUT2D eigenvalue weighted by Crippen LogP contribution is 2.28. The van der Waals surface area contributed by atoms with Crippen LogP contribution in [0, 0.1) is 0 Å². The first-order valence-corrected chi connectivity index (χ1v) is 7.58. The van der Waals surface area contributed by atoms with Crippen LogP contribution in [0.3, 0.4) is 0 Å². The van der Waals surface area contributed by atoms with Crippen LogP contribution < -0.4 is 10.9 Å². The predicted octanol–water partition coefficient (Wildman–Crippen LogP) is 2.87. The number of carbonyl (C=O) groups is 1. The van der Waals surface area contributed by atoms with E-state index in [1.165, 1.54) is 12.0 Å². The predicted molar refractivity (Wildman–Crippen MR) is 79.9 cm³/mol. The number of halogens is 3. The summed E-state index contributed by atoms with van der Waals surface area (Å²) < 4.78 is 38.6. The zero-order valence-corrected chi connectivity index (χ0v) is 12.7. The first-order valence-electron chi connectivity index (χ1n) is 7.58. The molecule has 0 aliphatic heterocycles. The third kappa shape index (κ3) is 5.26. The van der Waals surface area contributed by atoms with E-state index in [4.69, 9.17) is 0 Å². The van der Waals surface area contributed by atoms with Crippen LogP contribution in [-0.2, 0) is 17.5 Å². The molecule has 0 saturated carbocycles. The molecule has 0 atom stereocenters. The Morgan fingerprint density at radius 2 is 2.04 bits per heavy atom. The van der Waals surface area contributed by atoms with Crippen molar-refractivity contribution in [2.75, 3.05) is 6.54 Å². The van der Waals surface area contributed by atoms with Gasteiger partial charge in [-0.15, -0.1) is 0 Å². The second kappa shape index (κ2) is 7.48. The lowest BCUT2D eigenvalue weighted by molar-refractivity contribution is -0.138. The van der Waals surface area contributed by atoms with E-state index in [9.17, 15) is 22.8 Å². The summed E-state index contributed by atoms with van der Waals surface area (Å²) in [6.07, 6.45) is 3.47. The van der Waals surface area contributed by atoms with Crippen LogP contribution in [-0.4, -0.2) is 17.0 Å². The molecule has 126 valence electrons. The molecule has 1 heterocycles. The van der Waals surface area contributed by atoms with E-state index in [2.05, 4.69) is 11.4 Å². The van der Waals surface area contributed by atoms with Crippen molar-refractivity contribution in [1.82, 2.24) is 9.88 Å². The largest absolute Gasteiger partial charge is 0.417 e. The van der Waals surface area contributed by atoms with Crippen LogP contribution in [0.5, 0.6) is 0 Å². The second-order valence-electron chi connectivity index (χ2n) is 5.59. The van der Waals surface area contributed by atoms with Crippen LogP contribution in [0.1, 0.15) is 37.7 Å². The van der Waals surface area contributed by atoms with Gasteiger partial charge in [0, 0.05) is 18.8 Å². The normalized spacial score (nSPS) is 15.2. The molecular formula is C16H19F3N2O2. The number of rotatable bonds is 5. The van der Waals surface area contributed by atoms with Gasteiger partial charge in [0.25, 0.3) is 5.56 Å². The summed E-state index contributed by atoms with van der Waals surface area (Å²) >= 11 is 0. The zero-order chi connectivity index (χ0) is 16.9. The summed E-state index contributed by atoms with van der Waals surface area (Å²) in [5, 5.41) is 2.64. The fourth-order valence-corrected chi connectivity index (χ4v) is 2.53. The Morgan fingerprint density at radius 3 is 2.70 bits per heavy atom. The molecule has 0 saturated heterocycles. The number of nitrogens with one attached hydrogen (secondary N) is 1. The van der Waals surface area contributed by atoms with E-state index in [0.29, 0.717) is 18.8 Å². The van der Waals surface area contributed by atoms with Crippen molar-refractivity contribution in [2.24, 2.45) is 0 Å². The van der Waals surface area contributed by atoms with E-state index >= 15 is 0 Å². The maximum Gasteiger partial charge on any atom is 0.417 e. The van der Waals surface area contributed by atoms with Crippen LogP contribution in [0.25, 0.3) is 0 Å². The minimum atomic E-state index is -4.54. The van der Waals surface area contributed by atoms with Crippen LogP contribution in [0.4, 0.5) is 13.2 Å². The Balaban J connectivity index is 1.89. The summed E-state index contributed by atoms with van der Waals surface area (Å²) in [4.78, 5) is 23.4. The number of hydrogen-bond acceptors (Lipinski definition) is 2. The third-order valence-corrected chi connectivity index (χ3v) is 3.78. The molecule has 1 aromatic rings. The van der Waals surface area contributed by atoms with Gasteiger partial charge < -0.3 is 9.88 Å². The lowest BCUT2D eigenvalue weighted by Gasteiger charge is -2.13. The molecule has 23 heavy (non-hydrogen) atoms. The Kier molecular flexibility index (Phi) is 5.63. The molecule has 0 bridgehead atoms. The van der Waals surface area contributed by atoms with Gasteiger partial charge in [-0.2, -0.15) is 13.2 Å². The number of allylic oxidation sites excluding steroid dienone is 1. The van der Waals surface area contributed by atoms with E-state index in [-0.39, 0.29) is 0 Å². The van der Waals surface area contributed by atoms with E-state index < -0.39 is 29.8 Å². The third-order valence-electron chi connectivity index (χ3n) is 3.78. The SMILES string of the molecule is O=C(Cn1cc(C(F)(F)F)ccc1=O)NCCC1=CCCCC1. The van der Waals surface area contributed by atoms with Crippen LogP contribution in [0.15, 0.2) is 34.8 Å². The fourth-order valence-electron chi connectivity index (χ4n) is 2.53. The first kappa shape index (κ1) is 17.3. The van der Waals surface area contributed by atoms with Crippen molar-refractivity contribution in [3.63, 3.8) is 0 Å². The second-order valence-corrected chi connectivity index (χ2v) is 5.59. The van der Waals surface area contributed by atoms with Gasteiger partial charge in [-0.05, 0) is 38.2 Å². The molecule has 0 radical (unpaired) electrons. The number of carbonyl (C=O) groups excluding carboxylic acids is 1. The Morgan fingerprint density at radius 1 is 1.26 bits per heavy atom. The van der Waals surface area contributed by atoms with E-state index in [1.54, 1.807) is 0 Å². The summed E-state index contributed by atoms with van der Waals surface area (Å²) in [5.74, 6) is -0.470. The average Bonchev–Trinajstić information content (AvgIpc) is 2.49. The molecule has 1 N–H and O–H groups in total. The summed E-state index contributed by atoms with van der Waals surface area (Å²) in [5.41, 5.74) is -0.284. The maximum atomic E-state index is 12.6. The quantitative estimate of drug-likeness (QED) is 0.845. The van der Waals surface area contributed by atoms with Crippen molar-refractivity contribution >= 4 is 5.91 Å². The Labute approximate surface area is 132 Å². The molecule has 0 aromatic carbocycles. The molecule has 1 amide bonds. The van der Waals surface area contributed by atoms with Gasteiger partial charge in [0.05, 0.1) is 5.56 Å². The molecule has 0 spiro atoms. The maximum absolute atomic E-state index is 12.6. The number of hydrogen-bond donors (Lipinski definition) is 1. The van der Waals surface area contributed by atoms with Gasteiger partial charge in [0.15, 0.2) is 0 Å². The zero-order valence-electron chi connectivity index (χ0n) is 12.7. The molecule has 0 fully saturated rings. The van der Waals surface area contributed by atoms with Crippen molar-refractivity contribution in [3.05, 3.63) is 45.9 Å². The molecule has 0 unspecified atom stereocenters. The highest BCUT2D eigenvalue weighted by molar-refractivity contribution is 5.75. The molecular weight excluding hydrogens is 309 g/mol. The monoisotopic (exact) mass is 328 g/mol. The lowest BCUT2D eigenvalue weighted by Crippen LogP contribution is -2.33. The van der Waals surface area contributed by atoms with Gasteiger partial charge in [0.1, 0.15) is 6.54 Å². The molecule has 1 aliphatic carbocycles. The average molecular weight is 328 g/mol. The number of nitrogens with zero attached hydrogens (tertiary/aromatic N) is 1. The van der Waals surface area contributed by atoms with Gasteiger partial charge in [-0.1, -0.05) is 11.6 Å².